The van der Waals surface area contributed by atoms with E-state index in [1.165, 1.54) is 0 Å². The summed E-state index contributed by atoms with van der Waals surface area (Å²) in [6.45, 7) is 3.60. The van der Waals surface area contributed by atoms with E-state index in [-0.39, 0.29) is 12.2 Å². The van der Waals surface area contributed by atoms with E-state index in [9.17, 15) is 19.2 Å². The highest BCUT2D eigenvalue weighted by atomic mass is 16.7. The molecule has 1 aromatic heterocycles. The van der Waals surface area contributed by atoms with Crippen LogP contribution in [0.15, 0.2) is 46.0 Å². The molecular weight excluding hydrogens is 446 g/mol. The molecule has 0 amide bonds. The quantitative estimate of drug-likeness (QED) is 0.494. The van der Waals surface area contributed by atoms with Crippen LogP contribution >= 0.6 is 0 Å². The first-order valence-corrected chi connectivity index (χ1v) is 10.9. The second-order valence-corrected chi connectivity index (χ2v) is 7.76. The van der Waals surface area contributed by atoms with Crippen LogP contribution in [0.1, 0.15) is 12.1 Å². The van der Waals surface area contributed by atoms with E-state index in [1.807, 2.05) is 24.3 Å². The van der Waals surface area contributed by atoms with Crippen LogP contribution in [-0.2, 0) is 27.5 Å². The zero-order valence-corrected chi connectivity index (χ0v) is 18.7. The van der Waals surface area contributed by atoms with Crippen molar-refractivity contribution >= 4 is 17.6 Å². The topological polar surface area (TPSA) is 125 Å². The van der Waals surface area contributed by atoms with Gasteiger partial charge in [0, 0.05) is 44.9 Å². The number of para-hydroxylation sites is 2. The van der Waals surface area contributed by atoms with Crippen molar-refractivity contribution in [2.45, 2.75) is 19.6 Å². The molecule has 2 aliphatic rings. The van der Waals surface area contributed by atoms with Crippen LogP contribution in [0.25, 0.3) is 0 Å². The van der Waals surface area contributed by atoms with Gasteiger partial charge in [-0.3, -0.25) is 14.3 Å². The van der Waals surface area contributed by atoms with Gasteiger partial charge in [0.05, 0.1) is 12.8 Å². The van der Waals surface area contributed by atoms with E-state index in [0.717, 1.165) is 54.3 Å². The summed E-state index contributed by atoms with van der Waals surface area (Å²) in [5.41, 5.74) is -0.708. The number of nitrogens with zero attached hydrogens (tertiary/aromatic N) is 5. The molecule has 0 spiro atoms. The first-order valence-electron chi connectivity index (χ1n) is 10.9. The van der Waals surface area contributed by atoms with Crippen molar-refractivity contribution in [1.82, 2.24) is 19.4 Å². The van der Waals surface area contributed by atoms with Crippen molar-refractivity contribution in [3.8, 4) is 5.75 Å². The first kappa shape index (κ1) is 23.2. The Labute approximate surface area is 194 Å². The molecule has 1 aromatic carbocycles. The Hall–Kier alpha value is -3.93. The van der Waals surface area contributed by atoms with Crippen molar-refractivity contribution < 1.29 is 23.9 Å². The fourth-order valence-corrected chi connectivity index (χ4v) is 3.88. The summed E-state index contributed by atoms with van der Waals surface area (Å²) in [4.78, 5) is 58.5. The lowest BCUT2D eigenvalue weighted by atomic mass is 10.2. The van der Waals surface area contributed by atoms with Crippen LogP contribution < -0.4 is 25.7 Å². The van der Waals surface area contributed by atoms with Gasteiger partial charge >= 0.3 is 17.6 Å². The smallest absolute Gasteiger partial charge is 0.382 e. The molecule has 0 unspecified atom stereocenters. The highest BCUT2D eigenvalue weighted by molar-refractivity contribution is 5.91. The van der Waals surface area contributed by atoms with Gasteiger partial charge in [-0.15, -0.1) is 5.10 Å². The number of carbonyl (C=O) groups excluding carboxylic acids is 2. The minimum Gasteiger partial charge on any atom is -0.495 e. The molecule has 12 nitrogen and oxygen atoms in total. The van der Waals surface area contributed by atoms with Crippen LogP contribution in [-0.4, -0.2) is 71.2 Å². The van der Waals surface area contributed by atoms with Crippen LogP contribution in [0.5, 0.6) is 5.75 Å². The van der Waals surface area contributed by atoms with Crippen LogP contribution in [0.4, 0.5) is 5.69 Å². The number of anilines is 1. The number of fused-ring (bicyclic) bond motifs is 2. The molecule has 12 heteroatoms. The summed E-state index contributed by atoms with van der Waals surface area (Å²) < 4.78 is 11.3. The lowest BCUT2D eigenvalue weighted by molar-refractivity contribution is -0.144. The van der Waals surface area contributed by atoms with Gasteiger partial charge in [0.25, 0.3) is 5.56 Å². The van der Waals surface area contributed by atoms with Crippen molar-refractivity contribution in [2.24, 2.45) is 0 Å². The zero-order chi connectivity index (χ0) is 24.1. The first-order chi connectivity index (χ1) is 16.5. The zero-order valence-electron chi connectivity index (χ0n) is 18.7. The molecule has 0 atom stereocenters. The molecule has 34 heavy (non-hydrogen) atoms. The average molecular weight is 471 g/mol. The maximum Gasteiger partial charge on any atom is 0.382 e. The lowest BCUT2D eigenvalue weighted by Crippen LogP contribution is -2.48. The third-order valence-electron chi connectivity index (χ3n) is 5.64. The van der Waals surface area contributed by atoms with E-state index in [0.29, 0.717) is 17.8 Å². The normalized spacial score (nSPS) is 17.6. The minimum atomic E-state index is -0.988. The van der Waals surface area contributed by atoms with E-state index in [4.69, 9.17) is 14.3 Å². The molecule has 0 aliphatic carbocycles. The number of cyclic esters (lactones) is 1. The predicted molar refractivity (Wildman–Crippen MR) is 120 cm³/mol. The summed E-state index contributed by atoms with van der Waals surface area (Å²) in [6, 6.07) is 7.89. The molecule has 0 N–H and O–H groups in total. The summed E-state index contributed by atoms with van der Waals surface area (Å²) in [6.07, 6.45) is 2.19. The van der Waals surface area contributed by atoms with Crippen LogP contribution in [0.3, 0.4) is 0 Å². The number of carbonyl (C=O) groups is 2. The summed E-state index contributed by atoms with van der Waals surface area (Å²) in [5, 5.41) is 3.72. The number of aromatic nitrogens is 3. The van der Waals surface area contributed by atoms with Gasteiger partial charge < -0.3 is 19.2 Å². The Balaban J connectivity index is 1.39. The Morgan fingerprint density at radius 3 is 2.47 bits per heavy atom. The van der Waals surface area contributed by atoms with Gasteiger partial charge in [-0.05, 0) is 29.9 Å². The van der Waals surface area contributed by atoms with Crippen molar-refractivity contribution in [3.63, 3.8) is 0 Å². The maximum absolute atomic E-state index is 12.7. The van der Waals surface area contributed by atoms with E-state index in [1.54, 1.807) is 7.11 Å². The van der Waals surface area contributed by atoms with Crippen LogP contribution in [0.2, 0.25) is 0 Å². The van der Waals surface area contributed by atoms with Crippen LogP contribution in [0, 0.1) is 0 Å². The number of hydrogen-bond donors (Lipinski definition) is 0. The second kappa shape index (κ2) is 10.3. The van der Waals surface area contributed by atoms with Gasteiger partial charge in [0.2, 0.25) is 0 Å². The highest BCUT2D eigenvalue weighted by Gasteiger charge is 2.21. The SMILES string of the molecule is COc1ccccc1N1CCN(CCCn2c(=O)c3nn(c2=O)OC(=O)/C=C/C(=O)OC3)CC1. The van der Waals surface area contributed by atoms with Gasteiger partial charge in [-0.25, -0.2) is 14.4 Å². The number of piperazine rings is 1. The number of methoxy groups -OCH3 is 1. The minimum absolute atomic E-state index is 0.0985. The van der Waals surface area contributed by atoms with Crippen molar-refractivity contribution in [2.75, 3.05) is 44.7 Å². The van der Waals surface area contributed by atoms with E-state index < -0.39 is 29.8 Å². The molecule has 2 bridgehead atoms. The van der Waals surface area contributed by atoms with E-state index >= 15 is 0 Å². The Kier molecular flexibility index (Phi) is 7.07. The molecule has 1 saturated heterocycles. The molecule has 0 saturated carbocycles. The number of ether oxygens (including phenoxy) is 2. The second-order valence-electron chi connectivity index (χ2n) is 7.76. The molecule has 2 aliphatic heterocycles. The molecular formula is C22H25N5O7. The third kappa shape index (κ3) is 5.17. The van der Waals surface area contributed by atoms with Crippen molar-refractivity contribution in [1.29, 1.82) is 0 Å². The fourth-order valence-electron chi connectivity index (χ4n) is 3.88. The van der Waals surface area contributed by atoms with Gasteiger partial charge in [0.15, 0.2) is 5.69 Å². The van der Waals surface area contributed by atoms with E-state index in [2.05, 4.69) is 14.9 Å². The number of hydrogen-bond acceptors (Lipinski definition) is 10. The standard InChI is InChI=1S/C22H25N5O7/c1-32-18-6-3-2-5-17(18)25-13-11-24(12-14-25)9-4-10-26-21(30)16-15-33-19(28)7-8-20(29)34-27(23-16)22(26)31/h2-3,5-8H,4,9-15H2,1H3/b8-7+. The molecule has 4 rings (SSSR count). The largest absolute Gasteiger partial charge is 0.495 e. The molecule has 2 aromatic rings. The Bertz CT molecular complexity index is 1210. The monoisotopic (exact) mass is 471 g/mol. The molecule has 0 radical (unpaired) electrons. The Morgan fingerprint density at radius 1 is 0.971 bits per heavy atom. The van der Waals surface area contributed by atoms with Gasteiger partial charge in [-0.2, -0.15) is 0 Å². The molecule has 1 fully saturated rings. The fraction of sp³-hybridized carbons (Fsp3) is 0.409. The number of rotatable bonds is 6. The van der Waals surface area contributed by atoms with Crippen molar-refractivity contribution in [3.05, 3.63) is 62.9 Å². The highest BCUT2D eigenvalue weighted by Crippen LogP contribution is 2.28. The summed E-state index contributed by atoms with van der Waals surface area (Å²) in [7, 11) is 1.66. The molecule has 180 valence electrons. The maximum atomic E-state index is 12.7. The molecule has 3 heterocycles. The third-order valence-corrected chi connectivity index (χ3v) is 5.64. The van der Waals surface area contributed by atoms with Gasteiger partial charge in [0.1, 0.15) is 12.4 Å². The predicted octanol–water partition coefficient (Wildman–Crippen LogP) is -0.806. The van der Waals surface area contributed by atoms with Gasteiger partial charge in [-0.1, -0.05) is 12.1 Å². The summed E-state index contributed by atoms with van der Waals surface area (Å²) in [5.74, 6) is -0.976. The average Bonchev–Trinajstić information content (AvgIpc) is 2.86. The number of benzene rings is 1. The Morgan fingerprint density at radius 2 is 1.71 bits per heavy atom. The summed E-state index contributed by atoms with van der Waals surface area (Å²) >= 11 is 0. The number of esters is 1. The lowest BCUT2D eigenvalue weighted by Gasteiger charge is -2.36.